The van der Waals surface area contributed by atoms with E-state index in [0.29, 0.717) is 13.1 Å². The standard InChI is InChI=1S/C28H27NO3/c1-31-26-14-8-6-12-22(26)16-24-19-29(18-21-10-4-3-5-11-21)20-25(28(24)30)17-23-13-7-9-15-27(23)32-2/h3-17H,18-20H2,1-2H3/b24-16+,25-17+. The lowest BCUT2D eigenvalue weighted by Crippen LogP contribution is -2.37. The molecule has 1 aliphatic rings. The monoisotopic (exact) mass is 425 g/mol. The van der Waals surface area contributed by atoms with Crippen LogP contribution in [0.25, 0.3) is 12.2 Å². The van der Waals surface area contributed by atoms with Crippen LogP contribution in [0.1, 0.15) is 16.7 Å². The van der Waals surface area contributed by atoms with Gasteiger partial charge in [-0.05, 0) is 29.8 Å². The van der Waals surface area contributed by atoms with Gasteiger partial charge in [0.15, 0.2) is 5.78 Å². The first-order valence-electron chi connectivity index (χ1n) is 10.7. The number of carbonyl (C=O) groups excluding carboxylic acids is 1. The van der Waals surface area contributed by atoms with Crippen LogP contribution in [0.5, 0.6) is 11.5 Å². The van der Waals surface area contributed by atoms with E-state index in [1.165, 1.54) is 5.56 Å². The zero-order valence-corrected chi connectivity index (χ0v) is 18.5. The predicted octanol–water partition coefficient (Wildman–Crippen LogP) is 5.26. The largest absolute Gasteiger partial charge is 0.496 e. The van der Waals surface area contributed by atoms with Gasteiger partial charge < -0.3 is 9.47 Å². The van der Waals surface area contributed by atoms with Crippen LogP contribution in [-0.2, 0) is 11.3 Å². The molecule has 4 rings (SSSR count). The SMILES string of the molecule is COc1ccccc1/C=C1\CN(Cc2ccccc2)C/C(=C\c2ccccc2OC)C1=O. The van der Waals surface area contributed by atoms with Crippen LogP contribution < -0.4 is 9.47 Å². The summed E-state index contributed by atoms with van der Waals surface area (Å²) in [6, 6.07) is 25.9. The number of benzene rings is 3. The average Bonchev–Trinajstić information content (AvgIpc) is 2.83. The third-order valence-electron chi connectivity index (χ3n) is 5.56. The van der Waals surface area contributed by atoms with Crippen molar-refractivity contribution in [1.82, 2.24) is 4.90 Å². The number of nitrogens with zero attached hydrogens (tertiary/aromatic N) is 1. The molecule has 0 radical (unpaired) electrons. The summed E-state index contributed by atoms with van der Waals surface area (Å²) in [5.41, 5.74) is 4.51. The molecule has 0 N–H and O–H groups in total. The Hall–Kier alpha value is -3.63. The van der Waals surface area contributed by atoms with Gasteiger partial charge in [-0.25, -0.2) is 0 Å². The summed E-state index contributed by atoms with van der Waals surface area (Å²) in [6.07, 6.45) is 3.91. The summed E-state index contributed by atoms with van der Waals surface area (Å²) >= 11 is 0. The molecule has 0 bridgehead atoms. The fraction of sp³-hybridized carbons (Fsp3) is 0.179. The van der Waals surface area contributed by atoms with Crippen LogP contribution >= 0.6 is 0 Å². The molecule has 0 unspecified atom stereocenters. The van der Waals surface area contributed by atoms with Gasteiger partial charge in [0.05, 0.1) is 14.2 Å². The first kappa shape index (κ1) is 21.6. The van der Waals surface area contributed by atoms with E-state index >= 15 is 0 Å². The second-order valence-corrected chi connectivity index (χ2v) is 7.78. The zero-order valence-electron chi connectivity index (χ0n) is 18.5. The molecular weight excluding hydrogens is 398 g/mol. The van der Waals surface area contributed by atoms with Gasteiger partial charge in [-0.1, -0.05) is 66.7 Å². The van der Waals surface area contributed by atoms with Gasteiger partial charge in [0, 0.05) is 41.9 Å². The third-order valence-corrected chi connectivity index (χ3v) is 5.56. The number of hydrogen-bond acceptors (Lipinski definition) is 4. The molecule has 4 heteroatoms. The highest BCUT2D eigenvalue weighted by Crippen LogP contribution is 2.28. The number of likely N-dealkylation sites (tertiary alicyclic amines) is 1. The molecule has 3 aromatic rings. The van der Waals surface area contributed by atoms with Crippen LogP contribution in [0.3, 0.4) is 0 Å². The predicted molar refractivity (Wildman–Crippen MR) is 129 cm³/mol. The summed E-state index contributed by atoms with van der Waals surface area (Å²) in [6.45, 7) is 1.92. The fourth-order valence-corrected chi connectivity index (χ4v) is 4.01. The Labute approximate surface area is 189 Å². The Balaban J connectivity index is 1.73. The highest BCUT2D eigenvalue weighted by molar-refractivity contribution is 6.14. The van der Waals surface area contributed by atoms with Crippen LogP contribution in [0.2, 0.25) is 0 Å². The van der Waals surface area contributed by atoms with E-state index in [2.05, 4.69) is 17.0 Å². The molecule has 3 aromatic carbocycles. The maximum atomic E-state index is 13.5. The van der Waals surface area contributed by atoms with E-state index in [4.69, 9.17) is 9.47 Å². The lowest BCUT2D eigenvalue weighted by atomic mass is 9.93. The van der Waals surface area contributed by atoms with Crippen LogP contribution in [0, 0.1) is 0 Å². The summed E-state index contributed by atoms with van der Waals surface area (Å²) in [7, 11) is 3.30. The van der Waals surface area contributed by atoms with Gasteiger partial charge in [0.25, 0.3) is 0 Å². The summed E-state index contributed by atoms with van der Waals surface area (Å²) in [5, 5.41) is 0. The number of ether oxygens (including phenoxy) is 2. The van der Waals surface area contributed by atoms with E-state index in [-0.39, 0.29) is 5.78 Å². The highest BCUT2D eigenvalue weighted by Gasteiger charge is 2.26. The second kappa shape index (κ2) is 10.1. The topological polar surface area (TPSA) is 38.8 Å². The minimum absolute atomic E-state index is 0.0612. The molecule has 162 valence electrons. The molecule has 1 aliphatic heterocycles. The molecule has 1 saturated heterocycles. The summed E-state index contributed by atoms with van der Waals surface area (Å²) in [5.74, 6) is 1.57. The lowest BCUT2D eigenvalue weighted by Gasteiger charge is -2.30. The molecule has 0 amide bonds. The molecule has 0 spiro atoms. The molecule has 4 nitrogen and oxygen atoms in total. The summed E-state index contributed by atoms with van der Waals surface area (Å²) in [4.78, 5) is 15.8. The van der Waals surface area contributed by atoms with E-state index in [9.17, 15) is 4.79 Å². The van der Waals surface area contributed by atoms with Gasteiger partial charge in [0.2, 0.25) is 0 Å². The Morgan fingerprint density at radius 1 is 0.719 bits per heavy atom. The minimum atomic E-state index is 0.0612. The molecule has 0 aliphatic carbocycles. The van der Waals surface area contributed by atoms with Crippen molar-refractivity contribution in [2.45, 2.75) is 6.54 Å². The molecule has 0 saturated carbocycles. The highest BCUT2D eigenvalue weighted by atomic mass is 16.5. The van der Waals surface area contributed by atoms with Crippen molar-refractivity contribution in [3.05, 3.63) is 107 Å². The molecule has 0 atom stereocenters. The quantitative estimate of drug-likeness (QED) is 0.505. The third kappa shape index (κ3) is 4.98. The van der Waals surface area contributed by atoms with Gasteiger partial charge in [-0.2, -0.15) is 0 Å². The number of para-hydroxylation sites is 2. The van der Waals surface area contributed by atoms with Crippen molar-refractivity contribution in [3.63, 3.8) is 0 Å². The van der Waals surface area contributed by atoms with E-state index in [1.807, 2.05) is 78.9 Å². The van der Waals surface area contributed by atoms with Crippen molar-refractivity contribution in [2.24, 2.45) is 0 Å². The normalized spacial score (nSPS) is 17.0. The van der Waals surface area contributed by atoms with Crippen molar-refractivity contribution in [3.8, 4) is 11.5 Å². The number of Topliss-reactive ketones (excluding diaryl/α,β-unsaturated/α-hetero) is 1. The second-order valence-electron chi connectivity index (χ2n) is 7.78. The first-order valence-corrected chi connectivity index (χ1v) is 10.7. The molecule has 32 heavy (non-hydrogen) atoms. The van der Waals surface area contributed by atoms with E-state index < -0.39 is 0 Å². The Kier molecular flexibility index (Phi) is 6.83. The van der Waals surface area contributed by atoms with Crippen LogP contribution in [0.4, 0.5) is 0 Å². The van der Waals surface area contributed by atoms with Crippen molar-refractivity contribution in [1.29, 1.82) is 0 Å². The first-order chi connectivity index (χ1) is 15.7. The van der Waals surface area contributed by atoms with Gasteiger partial charge in [-0.3, -0.25) is 9.69 Å². The van der Waals surface area contributed by atoms with Crippen molar-refractivity contribution >= 4 is 17.9 Å². The molecular formula is C28H27NO3. The maximum Gasteiger partial charge on any atom is 0.187 e. The average molecular weight is 426 g/mol. The molecule has 1 fully saturated rings. The Morgan fingerprint density at radius 3 is 1.69 bits per heavy atom. The van der Waals surface area contributed by atoms with Gasteiger partial charge in [-0.15, -0.1) is 0 Å². The Morgan fingerprint density at radius 2 is 1.19 bits per heavy atom. The number of piperidine rings is 1. The van der Waals surface area contributed by atoms with Crippen LogP contribution in [0.15, 0.2) is 90.0 Å². The lowest BCUT2D eigenvalue weighted by molar-refractivity contribution is -0.113. The van der Waals surface area contributed by atoms with E-state index in [0.717, 1.165) is 40.3 Å². The van der Waals surface area contributed by atoms with E-state index in [1.54, 1.807) is 14.2 Å². The Bertz CT molecular complexity index is 1080. The maximum absolute atomic E-state index is 13.5. The number of rotatable bonds is 6. The number of carbonyl (C=O) groups is 1. The van der Waals surface area contributed by atoms with Crippen molar-refractivity contribution in [2.75, 3.05) is 27.3 Å². The molecule has 0 aromatic heterocycles. The molecule has 1 heterocycles. The number of methoxy groups -OCH3 is 2. The van der Waals surface area contributed by atoms with Gasteiger partial charge in [0.1, 0.15) is 11.5 Å². The number of ketones is 1. The zero-order chi connectivity index (χ0) is 22.3. The fourth-order valence-electron chi connectivity index (χ4n) is 4.01. The van der Waals surface area contributed by atoms with Crippen molar-refractivity contribution < 1.29 is 14.3 Å². The van der Waals surface area contributed by atoms with Gasteiger partial charge >= 0.3 is 0 Å². The summed E-state index contributed by atoms with van der Waals surface area (Å²) < 4.78 is 11.0. The minimum Gasteiger partial charge on any atom is -0.496 e. The number of hydrogen-bond donors (Lipinski definition) is 0. The smallest absolute Gasteiger partial charge is 0.187 e. The van der Waals surface area contributed by atoms with Crippen LogP contribution in [-0.4, -0.2) is 38.0 Å².